The predicted molar refractivity (Wildman–Crippen MR) is 101 cm³/mol. The van der Waals surface area contributed by atoms with E-state index in [1.807, 2.05) is 56.3 Å². The first-order chi connectivity index (χ1) is 12.6. The summed E-state index contributed by atoms with van der Waals surface area (Å²) in [4.78, 5) is 16.7. The van der Waals surface area contributed by atoms with Gasteiger partial charge < -0.3 is 4.42 Å². The molecular formula is C19H16N4O2S. The molecule has 1 amide bonds. The van der Waals surface area contributed by atoms with Crippen molar-refractivity contribution in [1.29, 1.82) is 0 Å². The lowest BCUT2D eigenvalue weighted by molar-refractivity contribution is 0.102. The molecule has 7 heteroatoms. The maximum Gasteiger partial charge on any atom is 0.280 e. The smallest absolute Gasteiger partial charge is 0.280 e. The summed E-state index contributed by atoms with van der Waals surface area (Å²) in [6, 6.07) is 13.9. The molecule has 0 saturated carbocycles. The number of carbonyl (C=O) groups excluding carboxylic acids is 1. The van der Waals surface area contributed by atoms with E-state index in [-0.39, 0.29) is 17.5 Å². The van der Waals surface area contributed by atoms with Gasteiger partial charge in [-0.3, -0.25) is 10.1 Å². The van der Waals surface area contributed by atoms with Crippen LogP contribution in [0.15, 0.2) is 53.3 Å². The van der Waals surface area contributed by atoms with Crippen LogP contribution in [-0.4, -0.2) is 21.1 Å². The molecule has 4 aromatic rings. The molecule has 0 aliphatic rings. The fraction of sp³-hybridized carbons (Fsp3) is 0.158. The van der Waals surface area contributed by atoms with Crippen LogP contribution in [0.5, 0.6) is 0 Å². The molecule has 6 nitrogen and oxygen atoms in total. The number of nitrogens with zero attached hydrogens (tertiary/aromatic N) is 3. The van der Waals surface area contributed by atoms with Gasteiger partial charge in [0, 0.05) is 11.5 Å². The van der Waals surface area contributed by atoms with Crippen molar-refractivity contribution in [1.82, 2.24) is 15.2 Å². The highest BCUT2D eigenvalue weighted by Crippen LogP contribution is 2.28. The fourth-order valence-electron chi connectivity index (χ4n) is 2.62. The standard InChI is InChI=1S/C19H16N4O2S/c1-11(2)18-22-23-19(26-18)21-17(24)15-16(25-10-20-15)14-8-7-12-5-3-4-6-13(12)9-14/h3-11H,1-2H3,(H,21,23,24). The van der Waals surface area contributed by atoms with Crippen LogP contribution in [0.4, 0.5) is 5.13 Å². The van der Waals surface area contributed by atoms with Crippen molar-refractivity contribution in [2.24, 2.45) is 0 Å². The topological polar surface area (TPSA) is 80.9 Å². The third-order valence-electron chi connectivity index (χ3n) is 3.95. The van der Waals surface area contributed by atoms with Gasteiger partial charge in [0.1, 0.15) is 5.01 Å². The summed E-state index contributed by atoms with van der Waals surface area (Å²) >= 11 is 1.36. The molecule has 2 aromatic carbocycles. The SMILES string of the molecule is CC(C)c1nnc(NC(=O)c2ncoc2-c2ccc3ccccc3c2)s1. The van der Waals surface area contributed by atoms with Crippen LogP contribution < -0.4 is 5.32 Å². The summed E-state index contributed by atoms with van der Waals surface area (Å²) in [5.74, 6) is 0.327. The molecule has 2 heterocycles. The number of aromatic nitrogens is 3. The predicted octanol–water partition coefficient (Wildman–Crippen LogP) is 4.72. The summed E-state index contributed by atoms with van der Waals surface area (Å²) < 4.78 is 5.50. The third kappa shape index (κ3) is 3.09. The zero-order valence-electron chi connectivity index (χ0n) is 14.3. The van der Waals surface area contributed by atoms with Gasteiger partial charge in [-0.05, 0) is 16.8 Å². The van der Waals surface area contributed by atoms with E-state index in [9.17, 15) is 4.79 Å². The molecule has 130 valence electrons. The molecule has 4 rings (SSSR count). The number of benzene rings is 2. The number of carbonyl (C=O) groups is 1. The first-order valence-electron chi connectivity index (χ1n) is 8.19. The Morgan fingerprint density at radius 2 is 1.92 bits per heavy atom. The number of hydrogen-bond acceptors (Lipinski definition) is 6. The average Bonchev–Trinajstić information content (AvgIpc) is 3.30. The Morgan fingerprint density at radius 3 is 2.69 bits per heavy atom. The molecule has 0 spiro atoms. The molecular weight excluding hydrogens is 348 g/mol. The van der Waals surface area contributed by atoms with Crippen molar-refractivity contribution in [3.63, 3.8) is 0 Å². The second-order valence-electron chi connectivity index (χ2n) is 6.15. The van der Waals surface area contributed by atoms with Crippen molar-refractivity contribution >= 4 is 33.1 Å². The van der Waals surface area contributed by atoms with Gasteiger partial charge >= 0.3 is 0 Å². The molecule has 1 N–H and O–H groups in total. The van der Waals surface area contributed by atoms with E-state index < -0.39 is 0 Å². The first-order valence-corrected chi connectivity index (χ1v) is 9.01. The van der Waals surface area contributed by atoms with Gasteiger partial charge in [0.15, 0.2) is 17.8 Å². The largest absolute Gasteiger partial charge is 0.443 e. The Bertz CT molecular complexity index is 1080. The van der Waals surface area contributed by atoms with Crippen LogP contribution in [0.2, 0.25) is 0 Å². The molecule has 0 unspecified atom stereocenters. The highest BCUT2D eigenvalue weighted by molar-refractivity contribution is 7.15. The lowest BCUT2D eigenvalue weighted by Gasteiger charge is -2.03. The Hall–Kier alpha value is -3.06. The van der Waals surface area contributed by atoms with Crippen LogP contribution in [0.3, 0.4) is 0 Å². The molecule has 0 aliphatic carbocycles. The van der Waals surface area contributed by atoms with Gasteiger partial charge in [0.2, 0.25) is 5.13 Å². The van der Waals surface area contributed by atoms with Crippen LogP contribution in [0.1, 0.15) is 35.3 Å². The number of nitrogens with one attached hydrogen (secondary N) is 1. The number of oxazole rings is 1. The van der Waals surface area contributed by atoms with Crippen molar-refractivity contribution < 1.29 is 9.21 Å². The van der Waals surface area contributed by atoms with Crippen LogP contribution in [0.25, 0.3) is 22.1 Å². The summed E-state index contributed by atoms with van der Waals surface area (Å²) in [5.41, 5.74) is 1.02. The normalized spacial score (nSPS) is 11.2. The minimum Gasteiger partial charge on any atom is -0.443 e. The monoisotopic (exact) mass is 364 g/mol. The second-order valence-corrected chi connectivity index (χ2v) is 7.16. The fourth-order valence-corrected chi connectivity index (χ4v) is 3.36. The van der Waals surface area contributed by atoms with E-state index in [1.165, 1.54) is 17.7 Å². The number of anilines is 1. The number of rotatable bonds is 4. The molecule has 0 radical (unpaired) electrons. The van der Waals surface area contributed by atoms with Crippen LogP contribution in [0, 0.1) is 0 Å². The van der Waals surface area contributed by atoms with Gasteiger partial charge in [-0.2, -0.15) is 0 Å². The maximum absolute atomic E-state index is 12.6. The molecule has 0 fully saturated rings. The minimum absolute atomic E-state index is 0.224. The Labute approximate surface area is 153 Å². The summed E-state index contributed by atoms with van der Waals surface area (Å²) in [6.45, 7) is 4.06. The van der Waals surface area contributed by atoms with E-state index in [0.717, 1.165) is 21.3 Å². The second kappa shape index (κ2) is 6.68. The lowest BCUT2D eigenvalue weighted by atomic mass is 10.0. The van der Waals surface area contributed by atoms with Crippen LogP contribution in [-0.2, 0) is 0 Å². The first kappa shape index (κ1) is 16.4. The van der Waals surface area contributed by atoms with E-state index in [0.29, 0.717) is 10.9 Å². The summed E-state index contributed by atoms with van der Waals surface area (Å²) in [6.07, 6.45) is 1.28. The van der Waals surface area contributed by atoms with Gasteiger partial charge in [0.05, 0.1) is 0 Å². The zero-order valence-corrected chi connectivity index (χ0v) is 15.1. The Kier molecular flexibility index (Phi) is 4.22. The number of fused-ring (bicyclic) bond motifs is 1. The minimum atomic E-state index is -0.367. The van der Waals surface area contributed by atoms with Crippen LogP contribution >= 0.6 is 11.3 Å². The van der Waals surface area contributed by atoms with E-state index in [2.05, 4.69) is 20.5 Å². The van der Waals surface area contributed by atoms with Crippen molar-refractivity contribution in [2.45, 2.75) is 19.8 Å². The molecule has 2 aromatic heterocycles. The van der Waals surface area contributed by atoms with Gasteiger partial charge in [0.25, 0.3) is 5.91 Å². The Morgan fingerprint density at radius 1 is 1.12 bits per heavy atom. The van der Waals surface area contributed by atoms with Gasteiger partial charge in [-0.25, -0.2) is 4.98 Å². The molecule has 0 saturated heterocycles. The van der Waals surface area contributed by atoms with E-state index >= 15 is 0 Å². The summed E-state index contributed by atoms with van der Waals surface area (Å²) in [5, 5.41) is 14.3. The Balaban J connectivity index is 1.63. The van der Waals surface area contributed by atoms with E-state index in [1.54, 1.807) is 0 Å². The highest BCUT2D eigenvalue weighted by atomic mass is 32.1. The van der Waals surface area contributed by atoms with E-state index in [4.69, 9.17) is 4.42 Å². The molecule has 0 bridgehead atoms. The lowest BCUT2D eigenvalue weighted by Crippen LogP contribution is -2.13. The molecule has 26 heavy (non-hydrogen) atoms. The molecule has 0 atom stereocenters. The van der Waals surface area contributed by atoms with Gasteiger partial charge in [-0.15, -0.1) is 10.2 Å². The van der Waals surface area contributed by atoms with Gasteiger partial charge in [-0.1, -0.05) is 61.6 Å². The zero-order chi connectivity index (χ0) is 18.1. The van der Waals surface area contributed by atoms with Crippen molar-refractivity contribution in [3.8, 4) is 11.3 Å². The summed E-state index contributed by atoms with van der Waals surface area (Å²) in [7, 11) is 0. The highest BCUT2D eigenvalue weighted by Gasteiger charge is 2.20. The average molecular weight is 364 g/mol. The number of amides is 1. The quantitative estimate of drug-likeness (QED) is 0.566. The third-order valence-corrected chi connectivity index (χ3v) is 5.09. The maximum atomic E-state index is 12.6. The number of hydrogen-bond donors (Lipinski definition) is 1. The molecule has 0 aliphatic heterocycles. The van der Waals surface area contributed by atoms with Crippen molar-refractivity contribution in [2.75, 3.05) is 5.32 Å². The van der Waals surface area contributed by atoms with Crippen molar-refractivity contribution in [3.05, 3.63) is 59.6 Å².